The third-order valence-corrected chi connectivity index (χ3v) is 1.99. The van der Waals surface area contributed by atoms with Gasteiger partial charge in [-0.1, -0.05) is 35.3 Å². The fraction of sp³-hybridized carbons (Fsp3) is 0. The fourth-order valence-corrected chi connectivity index (χ4v) is 1.28. The molecule has 0 spiro atoms. The van der Waals surface area contributed by atoms with Gasteiger partial charge < -0.3 is 18.1 Å². The van der Waals surface area contributed by atoms with Gasteiger partial charge in [-0.3, -0.25) is 0 Å². The smallest absolute Gasteiger partial charge is 0.505 e. The van der Waals surface area contributed by atoms with E-state index in [4.69, 9.17) is 28.3 Å². The van der Waals surface area contributed by atoms with E-state index in [0.29, 0.717) is 12.1 Å². The second-order valence-electron chi connectivity index (χ2n) is 2.41. The summed E-state index contributed by atoms with van der Waals surface area (Å²) < 4.78 is 36.4. The van der Waals surface area contributed by atoms with Crippen LogP contribution in [0.3, 0.4) is 0 Å². The Morgan fingerprint density at radius 3 is 1.71 bits per heavy atom. The molecule has 0 unspecified atom stereocenters. The molecule has 72 valence electrons. The zero-order valence-electron chi connectivity index (χ0n) is 7.07. The maximum Gasteiger partial charge on any atom is 1.00 e. The van der Waals surface area contributed by atoms with E-state index < -0.39 is 28.2 Å². The summed E-state index contributed by atoms with van der Waals surface area (Å²) in [5.74, 6) is -0.535. The van der Waals surface area contributed by atoms with Crippen molar-refractivity contribution in [1.29, 1.82) is 0 Å². The molecule has 0 aromatic heterocycles. The Bertz CT molecular complexity index is 321. The van der Waals surface area contributed by atoms with Crippen molar-refractivity contribution in [2.24, 2.45) is 0 Å². The summed E-state index contributed by atoms with van der Waals surface area (Å²) in [6, 6.07) is 1.28. The molecule has 1 nitrogen and oxygen atoms in total. The molecule has 0 saturated carbocycles. The van der Waals surface area contributed by atoms with Crippen LogP contribution in [0.15, 0.2) is 12.1 Å². The van der Waals surface area contributed by atoms with Crippen LogP contribution >= 0.6 is 23.2 Å². The van der Waals surface area contributed by atoms with Gasteiger partial charge in [0.1, 0.15) is 0 Å². The van der Waals surface area contributed by atoms with Crippen molar-refractivity contribution in [3.63, 3.8) is 0 Å². The molecule has 0 aliphatic carbocycles. The number of rotatable bonds is 1. The average molecular weight is 269 g/mol. The van der Waals surface area contributed by atoms with E-state index in [-0.39, 0.29) is 51.4 Å². The first-order valence-electron chi connectivity index (χ1n) is 3.20. The van der Waals surface area contributed by atoms with Crippen LogP contribution in [0.4, 0.5) is 12.9 Å². The van der Waals surface area contributed by atoms with Gasteiger partial charge in [0.05, 0.1) is 10.0 Å². The minimum atomic E-state index is -5.14. The van der Waals surface area contributed by atoms with Crippen LogP contribution in [0.2, 0.25) is 10.0 Å². The van der Waals surface area contributed by atoms with E-state index in [9.17, 15) is 12.9 Å². The molecule has 0 bridgehead atoms. The Kier molecular flexibility index (Phi) is 5.85. The van der Waals surface area contributed by atoms with E-state index in [0.717, 1.165) is 0 Å². The third-order valence-electron chi connectivity index (χ3n) is 1.42. The van der Waals surface area contributed by atoms with Gasteiger partial charge in [-0.2, -0.15) is 0 Å². The number of hydrogen-bond acceptors (Lipinski definition) is 1. The Labute approximate surface area is 131 Å². The number of halogens is 5. The van der Waals surface area contributed by atoms with Gasteiger partial charge in [0.15, 0.2) is 5.75 Å². The number of phenols is 1. The topological polar surface area (TPSA) is 20.2 Å². The minimum Gasteiger partial charge on any atom is -0.505 e. The standard InChI is InChI=1S/C6H3BCl2F3O.K/c8-4-1-3(7(10,11)12)2-5(9)6(4)13;/h1-2,13H;/q-1;+1. The quantitative estimate of drug-likeness (QED) is 0.697. The van der Waals surface area contributed by atoms with Crippen LogP contribution < -0.4 is 56.8 Å². The second kappa shape index (κ2) is 5.43. The zero-order valence-corrected chi connectivity index (χ0v) is 11.7. The molecule has 0 amide bonds. The van der Waals surface area contributed by atoms with Crippen molar-refractivity contribution in [1.82, 2.24) is 0 Å². The summed E-state index contributed by atoms with van der Waals surface area (Å²) in [5, 5.41) is 8.17. The molecule has 0 aliphatic heterocycles. The molecule has 8 heteroatoms. The maximum absolute atomic E-state index is 12.1. The summed E-state index contributed by atoms with van der Waals surface area (Å²) >= 11 is 10.6. The first-order chi connectivity index (χ1) is 5.82. The van der Waals surface area contributed by atoms with Gasteiger partial charge in [-0.15, -0.1) is 5.46 Å². The van der Waals surface area contributed by atoms with Gasteiger partial charge in [-0.25, -0.2) is 0 Å². The molecule has 0 fully saturated rings. The molecule has 0 aliphatic rings. The number of phenolic OH excluding ortho intramolecular Hbond substituents is 1. The van der Waals surface area contributed by atoms with Gasteiger partial charge in [-0.05, 0) is 0 Å². The molecule has 1 aromatic rings. The zero-order chi connectivity index (χ0) is 10.2. The fourth-order valence-electron chi connectivity index (χ4n) is 0.774. The number of benzene rings is 1. The van der Waals surface area contributed by atoms with Crippen molar-refractivity contribution in [3.05, 3.63) is 22.2 Å². The molecule has 1 N–H and O–H groups in total. The second-order valence-corrected chi connectivity index (χ2v) is 3.22. The van der Waals surface area contributed by atoms with Crippen molar-refractivity contribution in [2.75, 3.05) is 0 Å². The Morgan fingerprint density at radius 2 is 1.43 bits per heavy atom. The molecule has 0 heterocycles. The number of aromatic hydroxyl groups is 1. The van der Waals surface area contributed by atoms with E-state index >= 15 is 0 Å². The van der Waals surface area contributed by atoms with E-state index in [1.54, 1.807) is 0 Å². The maximum atomic E-state index is 12.1. The Morgan fingerprint density at radius 1 is 1.07 bits per heavy atom. The van der Waals surface area contributed by atoms with E-state index in [1.807, 2.05) is 0 Å². The molecule has 0 radical (unpaired) electrons. The minimum absolute atomic E-state index is 0. The first kappa shape index (κ1) is 15.1. The SMILES string of the molecule is Oc1c(Cl)cc([B-](F)(F)F)cc1Cl.[K+]. The summed E-state index contributed by atoms with van der Waals surface area (Å²) in [5.41, 5.74) is -0.923. The van der Waals surface area contributed by atoms with Gasteiger partial charge >= 0.3 is 58.4 Å². The average Bonchev–Trinajstić information content (AvgIpc) is 1.97. The van der Waals surface area contributed by atoms with Crippen molar-refractivity contribution in [3.8, 4) is 5.75 Å². The number of hydrogen-bond donors (Lipinski definition) is 1. The first-order valence-corrected chi connectivity index (χ1v) is 3.96. The molecule has 0 atom stereocenters. The molecule has 1 aromatic carbocycles. The molecular weight excluding hydrogens is 266 g/mol. The summed E-state index contributed by atoms with van der Waals surface area (Å²) in [6.07, 6.45) is 0. The monoisotopic (exact) mass is 268 g/mol. The van der Waals surface area contributed by atoms with Gasteiger partial charge in [0.2, 0.25) is 0 Å². The van der Waals surface area contributed by atoms with Crippen molar-refractivity contribution in [2.45, 2.75) is 0 Å². The predicted octanol–water partition coefficient (Wildman–Crippen LogP) is -0.243. The van der Waals surface area contributed by atoms with Crippen LogP contribution in [-0.2, 0) is 0 Å². The Hall–Kier alpha value is 1.09. The predicted molar refractivity (Wildman–Crippen MR) is 46.8 cm³/mol. The van der Waals surface area contributed by atoms with E-state index in [1.165, 1.54) is 0 Å². The van der Waals surface area contributed by atoms with Crippen LogP contribution in [0.1, 0.15) is 0 Å². The third kappa shape index (κ3) is 3.59. The molecule has 14 heavy (non-hydrogen) atoms. The van der Waals surface area contributed by atoms with Crippen molar-refractivity contribution < 1.29 is 69.4 Å². The normalized spacial score (nSPS) is 10.9. The molecule has 1 rings (SSSR count). The van der Waals surface area contributed by atoms with Crippen molar-refractivity contribution >= 4 is 35.6 Å². The largest absolute Gasteiger partial charge is 1.00 e. The molecular formula is C6H3BCl2F3KO. The summed E-state index contributed by atoms with van der Waals surface area (Å²) in [4.78, 5) is 0. The van der Waals surface area contributed by atoms with Crippen LogP contribution in [-0.4, -0.2) is 12.1 Å². The Balaban J connectivity index is 0.00000169. The van der Waals surface area contributed by atoms with Gasteiger partial charge in [0.25, 0.3) is 0 Å². The van der Waals surface area contributed by atoms with Crippen LogP contribution in [0.5, 0.6) is 5.75 Å². The van der Waals surface area contributed by atoms with E-state index in [2.05, 4.69) is 0 Å². The molecule has 0 saturated heterocycles. The summed E-state index contributed by atoms with van der Waals surface area (Å²) in [6.45, 7) is -5.14. The van der Waals surface area contributed by atoms with Crippen LogP contribution in [0, 0.1) is 0 Å². The van der Waals surface area contributed by atoms with Crippen LogP contribution in [0.25, 0.3) is 0 Å². The summed E-state index contributed by atoms with van der Waals surface area (Å²) in [7, 11) is 0. The van der Waals surface area contributed by atoms with Gasteiger partial charge in [0, 0.05) is 0 Å².